The van der Waals surface area contributed by atoms with Crippen LogP contribution in [0.4, 0.5) is 5.69 Å². The van der Waals surface area contributed by atoms with Crippen molar-refractivity contribution in [2.24, 2.45) is 0 Å². The highest BCUT2D eigenvalue weighted by Crippen LogP contribution is 2.13. The molecule has 0 aliphatic rings. The molecule has 0 saturated carbocycles. The summed E-state index contributed by atoms with van der Waals surface area (Å²) in [7, 11) is 0. The van der Waals surface area contributed by atoms with Gasteiger partial charge in [0.2, 0.25) is 11.8 Å². The van der Waals surface area contributed by atoms with E-state index in [1.165, 1.54) is 24.4 Å². The number of nitro groups is 1. The van der Waals surface area contributed by atoms with Gasteiger partial charge in [0.15, 0.2) is 0 Å². The van der Waals surface area contributed by atoms with Crippen molar-refractivity contribution in [1.82, 2.24) is 10.6 Å². The lowest BCUT2D eigenvalue weighted by molar-refractivity contribution is -0.384. The third kappa shape index (κ3) is 7.71. The molecule has 0 bridgehead atoms. The molecule has 2 aromatic rings. The standard InChI is InChI=1S/C23H25N3O4/c1-23(2,3)25-22(28)19(15-18-7-5-4-6-8-18)16-24-21(27)14-11-17-9-12-20(13-10-17)26(29)30/h4-14,16H,15H2,1-3H3,(H,24,27)(H,25,28)/b14-11+,19-16-. The summed E-state index contributed by atoms with van der Waals surface area (Å²) in [5.41, 5.74) is 1.59. The summed E-state index contributed by atoms with van der Waals surface area (Å²) in [5, 5.41) is 16.2. The Bertz CT molecular complexity index is 956. The van der Waals surface area contributed by atoms with Crippen molar-refractivity contribution >= 4 is 23.6 Å². The number of hydrogen-bond acceptors (Lipinski definition) is 4. The van der Waals surface area contributed by atoms with E-state index in [4.69, 9.17) is 0 Å². The molecular formula is C23H25N3O4. The molecule has 0 spiro atoms. The minimum Gasteiger partial charge on any atom is -0.348 e. The molecule has 0 aliphatic heterocycles. The maximum atomic E-state index is 12.6. The van der Waals surface area contributed by atoms with Crippen LogP contribution >= 0.6 is 0 Å². The Morgan fingerprint density at radius 2 is 1.67 bits per heavy atom. The molecule has 0 aromatic heterocycles. The zero-order valence-electron chi connectivity index (χ0n) is 17.2. The average molecular weight is 407 g/mol. The van der Waals surface area contributed by atoms with E-state index in [9.17, 15) is 19.7 Å². The van der Waals surface area contributed by atoms with Crippen LogP contribution in [0, 0.1) is 10.1 Å². The van der Waals surface area contributed by atoms with E-state index in [0.717, 1.165) is 5.56 Å². The van der Waals surface area contributed by atoms with Crippen molar-refractivity contribution in [3.63, 3.8) is 0 Å². The number of amides is 2. The number of carbonyl (C=O) groups is 2. The normalized spacial score (nSPS) is 11.9. The Hall–Kier alpha value is -3.74. The molecule has 2 rings (SSSR count). The van der Waals surface area contributed by atoms with Crippen molar-refractivity contribution < 1.29 is 14.5 Å². The van der Waals surface area contributed by atoms with E-state index in [1.807, 2.05) is 51.1 Å². The first-order chi connectivity index (χ1) is 14.1. The second kappa shape index (κ2) is 10.2. The predicted molar refractivity (Wildman–Crippen MR) is 116 cm³/mol. The number of carbonyl (C=O) groups excluding carboxylic acids is 2. The Morgan fingerprint density at radius 1 is 1.03 bits per heavy atom. The Labute approximate surface area is 175 Å². The van der Waals surface area contributed by atoms with Gasteiger partial charge in [-0.05, 0) is 50.1 Å². The minimum atomic E-state index is -0.484. The molecule has 7 heteroatoms. The lowest BCUT2D eigenvalue weighted by Crippen LogP contribution is -2.42. The van der Waals surface area contributed by atoms with E-state index >= 15 is 0 Å². The van der Waals surface area contributed by atoms with Gasteiger partial charge < -0.3 is 10.6 Å². The van der Waals surface area contributed by atoms with E-state index in [-0.39, 0.29) is 11.6 Å². The van der Waals surface area contributed by atoms with Gasteiger partial charge in [-0.2, -0.15) is 0 Å². The fraction of sp³-hybridized carbons (Fsp3) is 0.217. The Kier molecular flexibility index (Phi) is 7.63. The van der Waals surface area contributed by atoms with E-state index < -0.39 is 16.4 Å². The van der Waals surface area contributed by atoms with E-state index in [2.05, 4.69) is 10.6 Å². The number of non-ortho nitro benzene ring substituents is 1. The van der Waals surface area contributed by atoms with Crippen molar-refractivity contribution in [3.8, 4) is 0 Å². The lowest BCUT2D eigenvalue weighted by Gasteiger charge is -2.21. The molecule has 0 aliphatic carbocycles. The summed E-state index contributed by atoms with van der Waals surface area (Å²) in [5.74, 6) is -0.673. The number of nitrogens with one attached hydrogen (secondary N) is 2. The van der Waals surface area contributed by atoms with Crippen molar-refractivity contribution in [1.29, 1.82) is 0 Å². The second-order valence-electron chi connectivity index (χ2n) is 7.73. The highest BCUT2D eigenvalue weighted by Gasteiger charge is 2.18. The van der Waals surface area contributed by atoms with E-state index in [1.54, 1.807) is 18.2 Å². The van der Waals surface area contributed by atoms with Crippen LogP contribution in [0.3, 0.4) is 0 Å². The van der Waals surface area contributed by atoms with Gasteiger partial charge in [0, 0.05) is 41.9 Å². The van der Waals surface area contributed by atoms with Gasteiger partial charge in [-0.15, -0.1) is 0 Å². The molecule has 0 fully saturated rings. The predicted octanol–water partition coefficient (Wildman–Crippen LogP) is 3.77. The smallest absolute Gasteiger partial charge is 0.269 e. The summed E-state index contributed by atoms with van der Waals surface area (Å²) in [4.78, 5) is 35.0. The monoisotopic (exact) mass is 407 g/mol. The molecule has 156 valence electrons. The molecule has 0 atom stereocenters. The van der Waals surface area contributed by atoms with Crippen LogP contribution in [0.5, 0.6) is 0 Å². The summed E-state index contributed by atoms with van der Waals surface area (Å²) >= 11 is 0. The molecule has 0 saturated heterocycles. The van der Waals surface area contributed by atoms with Gasteiger partial charge in [-0.1, -0.05) is 30.3 Å². The third-order valence-corrected chi connectivity index (χ3v) is 3.94. The van der Waals surface area contributed by atoms with Crippen LogP contribution in [-0.2, 0) is 16.0 Å². The molecular weight excluding hydrogens is 382 g/mol. The summed E-state index contributed by atoms with van der Waals surface area (Å²) in [6.07, 6.45) is 4.63. The quantitative estimate of drug-likeness (QED) is 0.414. The topological polar surface area (TPSA) is 101 Å². The van der Waals surface area contributed by atoms with Crippen LogP contribution in [0.15, 0.2) is 72.4 Å². The maximum Gasteiger partial charge on any atom is 0.269 e. The van der Waals surface area contributed by atoms with Gasteiger partial charge >= 0.3 is 0 Å². The van der Waals surface area contributed by atoms with Crippen LogP contribution in [-0.4, -0.2) is 22.3 Å². The summed E-state index contributed by atoms with van der Waals surface area (Å²) in [6, 6.07) is 15.3. The van der Waals surface area contributed by atoms with Crippen LogP contribution in [0.1, 0.15) is 31.9 Å². The minimum absolute atomic E-state index is 0.0186. The zero-order chi connectivity index (χ0) is 22.1. The molecule has 2 N–H and O–H groups in total. The van der Waals surface area contributed by atoms with Crippen LogP contribution in [0.2, 0.25) is 0 Å². The molecule has 7 nitrogen and oxygen atoms in total. The highest BCUT2D eigenvalue weighted by molar-refractivity contribution is 5.96. The third-order valence-electron chi connectivity index (χ3n) is 3.94. The van der Waals surface area contributed by atoms with Crippen molar-refractivity contribution in [2.45, 2.75) is 32.7 Å². The average Bonchev–Trinajstić information content (AvgIpc) is 2.69. The van der Waals surface area contributed by atoms with Gasteiger partial charge in [-0.25, -0.2) is 0 Å². The Balaban J connectivity index is 2.09. The van der Waals surface area contributed by atoms with Gasteiger partial charge in [0.1, 0.15) is 0 Å². The number of benzene rings is 2. The fourth-order valence-electron chi connectivity index (χ4n) is 2.52. The van der Waals surface area contributed by atoms with Crippen molar-refractivity contribution in [3.05, 3.63) is 93.7 Å². The number of hydrogen-bond donors (Lipinski definition) is 2. The number of nitrogens with zero attached hydrogens (tertiary/aromatic N) is 1. The van der Waals surface area contributed by atoms with Gasteiger partial charge in [0.25, 0.3) is 5.69 Å². The zero-order valence-corrected chi connectivity index (χ0v) is 17.2. The highest BCUT2D eigenvalue weighted by atomic mass is 16.6. The van der Waals surface area contributed by atoms with Crippen molar-refractivity contribution in [2.75, 3.05) is 0 Å². The molecule has 2 aromatic carbocycles. The molecule has 0 radical (unpaired) electrons. The van der Waals surface area contributed by atoms with Crippen LogP contribution in [0.25, 0.3) is 6.08 Å². The maximum absolute atomic E-state index is 12.6. The molecule has 2 amide bonds. The molecule has 0 unspecified atom stereocenters. The number of nitro benzene ring substituents is 1. The second-order valence-corrected chi connectivity index (χ2v) is 7.73. The lowest BCUT2D eigenvalue weighted by atomic mass is 10.0. The van der Waals surface area contributed by atoms with E-state index in [0.29, 0.717) is 17.6 Å². The Morgan fingerprint density at radius 3 is 2.23 bits per heavy atom. The number of rotatable bonds is 7. The first-order valence-electron chi connectivity index (χ1n) is 9.42. The molecule has 30 heavy (non-hydrogen) atoms. The molecule has 0 heterocycles. The summed E-state index contributed by atoms with van der Waals surface area (Å²) in [6.45, 7) is 5.66. The first-order valence-corrected chi connectivity index (χ1v) is 9.42. The fourth-order valence-corrected chi connectivity index (χ4v) is 2.52. The summed E-state index contributed by atoms with van der Waals surface area (Å²) < 4.78 is 0. The first kappa shape index (κ1) is 22.5. The SMILES string of the molecule is CC(C)(C)NC(=O)/C(=C\NC(=O)/C=C/c1ccc([N+](=O)[O-])cc1)Cc1ccccc1. The van der Waals surface area contributed by atoms with Crippen LogP contribution < -0.4 is 10.6 Å². The van der Waals surface area contributed by atoms with Gasteiger partial charge in [0.05, 0.1) is 4.92 Å². The van der Waals surface area contributed by atoms with Gasteiger partial charge in [-0.3, -0.25) is 19.7 Å². The largest absolute Gasteiger partial charge is 0.348 e.